The first-order valence-corrected chi connectivity index (χ1v) is 9.43. The smallest absolute Gasteiger partial charge is 0.225 e. The van der Waals surface area contributed by atoms with Crippen molar-refractivity contribution in [2.75, 3.05) is 34.0 Å². The van der Waals surface area contributed by atoms with Crippen LogP contribution in [0.5, 0.6) is 11.5 Å². The Balaban J connectivity index is 1.59. The van der Waals surface area contributed by atoms with Crippen molar-refractivity contribution in [3.63, 3.8) is 0 Å². The molecule has 1 heterocycles. The van der Waals surface area contributed by atoms with Gasteiger partial charge in [-0.25, -0.2) is 0 Å². The summed E-state index contributed by atoms with van der Waals surface area (Å²) in [5.41, 5.74) is 0.919. The standard InChI is InChI=1S/C20H28N2O5/c1-13(14-4-7-17(18(10-14)26-3)27-9-8-25-2)21-20(24)15-11-19(23)22(12-15)16-5-6-16/h4,7,10,13,15-16H,5-6,8-9,11-12H2,1-3H3,(H,21,24). The largest absolute Gasteiger partial charge is 0.493 e. The highest BCUT2D eigenvalue weighted by atomic mass is 16.5. The molecule has 0 spiro atoms. The van der Waals surface area contributed by atoms with Gasteiger partial charge in [-0.1, -0.05) is 6.07 Å². The van der Waals surface area contributed by atoms with E-state index in [0.29, 0.717) is 43.7 Å². The molecule has 2 amide bonds. The van der Waals surface area contributed by atoms with E-state index >= 15 is 0 Å². The van der Waals surface area contributed by atoms with Gasteiger partial charge in [0, 0.05) is 26.1 Å². The normalized spacial score (nSPS) is 20.5. The van der Waals surface area contributed by atoms with E-state index in [2.05, 4.69) is 5.32 Å². The SMILES string of the molecule is COCCOc1ccc(C(C)NC(=O)C2CC(=O)N(C3CC3)C2)cc1OC. The zero-order chi connectivity index (χ0) is 19.4. The molecule has 3 rings (SSSR count). The third kappa shape index (κ3) is 4.71. The van der Waals surface area contributed by atoms with E-state index in [0.717, 1.165) is 18.4 Å². The molecule has 1 aromatic carbocycles. The summed E-state index contributed by atoms with van der Waals surface area (Å²) in [6.07, 6.45) is 2.44. The van der Waals surface area contributed by atoms with Gasteiger partial charge >= 0.3 is 0 Å². The Labute approximate surface area is 160 Å². The van der Waals surface area contributed by atoms with E-state index in [1.165, 1.54) is 0 Å². The molecule has 148 valence electrons. The predicted molar refractivity (Wildman–Crippen MR) is 99.8 cm³/mol. The van der Waals surface area contributed by atoms with Crippen molar-refractivity contribution in [2.45, 2.75) is 38.3 Å². The van der Waals surface area contributed by atoms with E-state index < -0.39 is 0 Å². The number of ether oxygens (including phenoxy) is 3. The number of nitrogens with one attached hydrogen (secondary N) is 1. The van der Waals surface area contributed by atoms with Crippen LogP contribution in [-0.4, -0.2) is 56.7 Å². The lowest BCUT2D eigenvalue weighted by Gasteiger charge is -2.19. The second-order valence-corrected chi connectivity index (χ2v) is 7.16. The maximum absolute atomic E-state index is 12.6. The molecule has 1 saturated carbocycles. The number of amides is 2. The quantitative estimate of drug-likeness (QED) is 0.666. The van der Waals surface area contributed by atoms with Crippen molar-refractivity contribution in [1.29, 1.82) is 0 Å². The Bertz CT molecular complexity index is 689. The van der Waals surface area contributed by atoms with Crippen molar-refractivity contribution in [1.82, 2.24) is 10.2 Å². The second-order valence-electron chi connectivity index (χ2n) is 7.16. The molecular weight excluding hydrogens is 348 g/mol. The molecule has 1 N–H and O–H groups in total. The Hall–Kier alpha value is -2.28. The lowest BCUT2D eigenvalue weighted by atomic mass is 10.0. The van der Waals surface area contributed by atoms with Crippen LogP contribution < -0.4 is 14.8 Å². The van der Waals surface area contributed by atoms with E-state index in [-0.39, 0.29) is 23.8 Å². The molecule has 2 unspecified atom stereocenters. The van der Waals surface area contributed by atoms with Crippen molar-refractivity contribution < 1.29 is 23.8 Å². The van der Waals surface area contributed by atoms with Crippen LogP contribution in [0.3, 0.4) is 0 Å². The molecule has 27 heavy (non-hydrogen) atoms. The number of nitrogens with zero attached hydrogens (tertiary/aromatic N) is 1. The molecule has 7 nitrogen and oxygen atoms in total. The molecule has 0 aromatic heterocycles. The first-order valence-electron chi connectivity index (χ1n) is 9.43. The van der Waals surface area contributed by atoms with Crippen LogP contribution >= 0.6 is 0 Å². The van der Waals surface area contributed by atoms with E-state index in [1.807, 2.05) is 30.0 Å². The third-order valence-electron chi connectivity index (χ3n) is 5.11. The second kappa shape index (κ2) is 8.61. The topological polar surface area (TPSA) is 77.1 Å². The molecule has 1 aliphatic heterocycles. The monoisotopic (exact) mass is 376 g/mol. The number of methoxy groups -OCH3 is 2. The summed E-state index contributed by atoms with van der Waals surface area (Å²) in [4.78, 5) is 26.5. The number of carbonyl (C=O) groups excluding carboxylic acids is 2. The molecule has 2 atom stereocenters. The maximum atomic E-state index is 12.6. The molecule has 2 fully saturated rings. The minimum absolute atomic E-state index is 0.0709. The molecular formula is C20H28N2O5. The zero-order valence-electron chi connectivity index (χ0n) is 16.2. The Morgan fingerprint density at radius 1 is 1.26 bits per heavy atom. The number of likely N-dealkylation sites (tertiary alicyclic amines) is 1. The first-order chi connectivity index (χ1) is 13.0. The lowest BCUT2D eigenvalue weighted by molar-refractivity contribution is -0.129. The fraction of sp³-hybridized carbons (Fsp3) is 0.600. The number of rotatable bonds is 9. The van der Waals surface area contributed by atoms with Crippen LogP contribution in [-0.2, 0) is 14.3 Å². The zero-order valence-corrected chi connectivity index (χ0v) is 16.2. The van der Waals surface area contributed by atoms with Crippen molar-refractivity contribution in [2.24, 2.45) is 5.92 Å². The van der Waals surface area contributed by atoms with Gasteiger partial charge in [0.25, 0.3) is 0 Å². The Kier molecular flexibility index (Phi) is 6.21. The van der Waals surface area contributed by atoms with Crippen molar-refractivity contribution in [3.8, 4) is 11.5 Å². The van der Waals surface area contributed by atoms with Gasteiger partial charge < -0.3 is 24.4 Å². The maximum Gasteiger partial charge on any atom is 0.225 e. The summed E-state index contributed by atoms with van der Waals surface area (Å²) in [7, 11) is 3.21. The highest BCUT2D eigenvalue weighted by Crippen LogP contribution is 2.33. The molecule has 7 heteroatoms. The summed E-state index contributed by atoms with van der Waals surface area (Å²) >= 11 is 0. The fourth-order valence-electron chi connectivity index (χ4n) is 3.37. The highest BCUT2D eigenvalue weighted by molar-refractivity contribution is 5.89. The minimum atomic E-state index is -0.265. The van der Waals surface area contributed by atoms with Crippen LogP contribution in [0.25, 0.3) is 0 Å². The van der Waals surface area contributed by atoms with Crippen LogP contribution in [0, 0.1) is 5.92 Å². The molecule has 1 aromatic rings. The van der Waals surface area contributed by atoms with Gasteiger partial charge in [-0.3, -0.25) is 9.59 Å². The molecule has 1 aliphatic carbocycles. The van der Waals surface area contributed by atoms with Crippen LogP contribution in [0.2, 0.25) is 0 Å². The van der Waals surface area contributed by atoms with E-state index in [1.54, 1.807) is 14.2 Å². The first kappa shape index (κ1) is 19.5. The number of benzene rings is 1. The number of hydrogen-bond acceptors (Lipinski definition) is 5. The lowest BCUT2D eigenvalue weighted by Crippen LogP contribution is -2.35. The van der Waals surface area contributed by atoms with Crippen molar-refractivity contribution >= 4 is 11.8 Å². The summed E-state index contributed by atoms with van der Waals surface area (Å²) in [6, 6.07) is 5.78. The van der Waals surface area contributed by atoms with E-state index in [4.69, 9.17) is 14.2 Å². The number of carbonyl (C=O) groups is 2. The predicted octanol–water partition coefficient (Wildman–Crippen LogP) is 1.91. The van der Waals surface area contributed by atoms with Gasteiger partial charge in [0.2, 0.25) is 11.8 Å². The minimum Gasteiger partial charge on any atom is -0.493 e. The fourth-order valence-corrected chi connectivity index (χ4v) is 3.37. The highest BCUT2D eigenvalue weighted by Gasteiger charge is 2.41. The molecule has 0 radical (unpaired) electrons. The van der Waals surface area contributed by atoms with Crippen molar-refractivity contribution in [3.05, 3.63) is 23.8 Å². The summed E-state index contributed by atoms with van der Waals surface area (Å²) < 4.78 is 16.0. The number of hydrogen-bond donors (Lipinski definition) is 1. The average molecular weight is 376 g/mol. The van der Waals surface area contributed by atoms with E-state index in [9.17, 15) is 9.59 Å². The Morgan fingerprint density at radius 3 is 2.70 bits per heavy atom. The molecule has 1 saturated heterocycles. The Morgan fingerprint density at radius 2 is 2.04 bits per heavy atom. The van der Waals surface area contributed by atoms with Gasteiger partial charge in [-0.15, -0.1) is 0 Å². The van der Waals surface area contributed by atoms with Crippen LogP contribution in [0.15, 0.2) is 18.2 Å². The summed E-state index contributed by atoms with van der Waals surface area (Å²) in [5, 5.41) is 3.03. The van der Waals surface area contributed by atoms with Gasteiger partial charge in [-0.2, -0.15) is 0 Å². The van der Waals surface area contributed by atoms with Gasteiger partial charge in [0.1, 0.15) is 6.61 Å². The molecule has 0 bridgehead atoms. The summed E-state index contributed by atoms with van der Waals surface area (Å²) in [6.45, 7) is 3.40. The molecule has 2 aliphatic rings. The van der Waals surface area contributed by atoms with Gasteiger partial charge in [0.05, 0.1) is 25.7 Å². The summed E-state index contributed by atoms with van der Waals surface area (Å²) in [5.74, 6) is 1.01. The van der Waals surface area contributed by atoms with Gasteiger partial charge in [-0.05, 0) is 37.5 Å². The third-order valence-corrected chi connectivity index (χ3v) is 5.11. The average Bonchev–Trinajstić information content (AvgIpc) is 3.43. The van der Waals surface area contributed by atoms with Crippen LogP contribution in [0.1, 0.15) is 37.8 Å². The van der Waals surface area contributed by atoms with Gasteiger partial charge in [0.15, 0.2) is 11.5 Å². The van der Waals surface area contributed by atoms with Crippen LogP contribution in [0.4, 0.5) is 0 Å².